The molecule has 1 amide bonds. The van der Waals surface area contributed by atoms with Gasteiger partial charge in [-0.2, -0.15) is 13.2 Å². The van der Waals surface area contributed by atoms with E-state index in [1.54, 1.807) is 34.9 Å². The molecule has 31 heavy (non-hydrogen) atoms. The second kappa shape index (κ2) is 8.03. The summed E-state index contributed by atoms with van der Waals surface area (Å²) in [6, 6.07) is 10.6. The van der Waals surface area contributed by atoms with Gasteiger partial charge in [-0.05, 0) is 48.5 Å². The third kappa shape index (κ3) is 4.19. The molecule has 0 aliphatic rings. The fourth-order valence-electron chi connectivity index (χ4n) is 2.92. The van der Waals surface area contributed by atoms with Crippen molar-refractivity contribution in [1.29, 1.82) is 0 Å². The van der Waals surface area contributed by atoms with Gasteiger partial charge in [0.2, 0.25) is 0 Å². The monoisotopic (exact) mass is 484 g/mol. The second-order valence-electron chi connectivity index (χ2n) is 6.41. The molecule has 1 N–H and O–H groups in total. The predicted octanol–water partition coefficient (Wildman–Crippen LogP) is 6.63. The number of amides is 1. The van der Waals surface area contributed by atoms with E-state index in [9.17, 15) is 18.0 Å². The van der Waals surface area contributed by atoms with Crippen LogP contribution < -0.4 is 5.32 Å². The fourth-order valence-corrected chi connectivity index (χ4v) is 3.59. The van der Waals surface area contributed by atoms with Crippen molar-refractivity contribution >= 4 is 52.0 Å². The molecule has 4 rings (SSSR count). The number of carbonyl (C=O) groups excluding carboxylic acids is 1. The average Bonchev–Trinajstić information content (AvgIpc) is 3.14. The lowest BCUT2D eigenvalue weighted by atomic mass is 10.1. The largest absolute Gasteiger partial charge is 0.416 e. The van der Waals surface area contributed by atoms with Crippen LogP contribution in [0.4, 0.5) is 18.9 Å². The summed E-state index contributed by atoms with van der Waals surface area (Å²) in [5.41, 5.74) is 0.180. The summed E-state index contributed by atoms with van der Waals surface area (Å²) in [6.07, 6.45) is -2.85. The van der Waals surface area contributed by atoms with E-state index >= 15 is 0 Å². The number of hydrogen-bond acceptors (Lipinski definition) is 3. The number of fused-ring (bicyclic) bond motifs is 1. The van der Waals surface area contributed by atoms with Gasteiger partial charge in [-0.1, -0.05) is 34.8 Å². The van der Waals surface area contributed by atoms with Gasteiger partial charge in [0.25, 0.3) is 5.91 Å². The molecule has 2 heterocycles. The van der Waals surface area contributed by atoms with Crippen LogP contribution in [0.15, 0.2) is 54.7 Å². The van der Waals surface area contributed by atoms with E-state index < -0.39 is 17.6 Å². The molecule has 0 radical (unpaired) electrons. The van der Waals surface area contributed by atoms with Gasteiger partial charge in [0.15, 0.2) is 11.5 Å². The number of benzene rings is 2. The molecule has 0 aliphatic heterocycles. The Morgan fingerprint density at radius 3 is 2.42 bits per heavy atom. The molecule has 0 saturated carbocycles. The summed E-state index contributed by atoms with van der Waals surface area (Å²) in [5.74, 6) is -0.285. The number of nitrogens with one attached hydrogen (secondary N) is 1. The zero-order valence-electron chi connectivity index (χ0n) is 15.2. The maximum Gasteiger partial charge on any atom is 0.416 e. The van der Waals surface area contributed by atoms with Crippen molar-refractivity contribution in [3.8, 4) is 11.4 Å². The van der Waals surface area contributed by atoms with Gasteiger partial charge in [-0.15, -0.1) is 10.2 Å². The zero-order chi connectivity index (χ0) is 22.3. The number of anilines is 1. The Hall–Kier alpha value is -2.81. The molecule has 0 fully saturated rings. The molecule has 0 atom stereocenters. The number of nitrogens with zero attached hydrogens (tertiary/aromatic N) is 3. The molecule has 0 bridgehead atoms. The molecule has 158 valence electrons. The van der Waals surface area contributed by atoms with Gasteiger partial charge in [-0.3, -0.25) is 9.20 Å². The van der Waals surface area contributed by atoms with Gasteiger partial charge < -0.3 is 5.32 Å². The maximum absolute atomic E-state index is 12.8. The van der Waals surface area contributed by atoms with Crippen LogP contribution >= 0.6 is 34.8 Å². The molecular formula is C20H10Cl3F3N4O. The van der Waals surface area contributed by atoms with Crippen LogP contribution in [0.2, 0.25) is 15.1 Å². The average molecular weight is 486 g/mol. The van der Waals surface area contributed by atoms with Crippen LogP contribution in [0.1, 0.15) is 15.9 Å². The Morgan fingerprint density at radius 1 is 0.935 bits per heavy atom. The fraction of sp³-hybridized carbons (Fsp3) is 0.0500. The van der Waals surface area contributed by atoms with Crippen LogP contribution in [0.25, 0.3) is 17.0 Å². The molecule has 2 aromatic carbocycles. The Balaban J connectivity index is 1.66. The first-order valence-corrected chi connectivity index (χ1v) is 9.76. The zero-order valence-corrected chi connectivity index (χ0v) is 17.5. The van der Waals surface area contributed by atoms with E-state index in [0.717, 1.165) is 12.1 Å². The lowest BCUT2D eigenvalue weighted by Crippen LogP contribution is -2.14. The first-order chi connectivity index (χ1) is 14.6. The van der Waals surface area contributed by atoms with E-state index in [4.69, 9.17) is 34.8 Å². The number of halogens is 6. The van der Waals surface area contributed by atoms with Crippen molar-refractivity contribution in [2.24, 2.45) is 0 Å². The highest BCUT2D eigenvalue weighted by Gasteiger charge is 2.31. The molecule has 2 aromatic heterocycles. The van der Waals surface area contributed by atoms with E-state index in [1.807, 2.05) is 0 Å². The lowest BCUT2D eigenvalue weighted by Gasteiger charge is -2.11. The van der Waals surface area contributed by atoms with Crippen LogP contribution in [0.5, 0.6) is 0 Å². The van der Waals surface area contributed by atoms with E-state index in [0.29, 0.717) is 38.8 Å². The second-order valence-corrected chi connectivity index (χ2v) is 7.64. The first kappa shape index (κ1) is 21.4. The predicted molar refractivity (Wildman–Crippen MR) is 113 cm³/mol. The van der Waals surface area contributed by atoms with Crippen molar-refractivity contribution in [1.82, 2.24) is 14.6 Å². The highest BCUT2D eigenvalue weighted by Crippen LogP contribution is 2.33. The maximum atomic E-state index is 12.8. The van der Waals surface area contributed by atoms with Gasteiger partial charge in [0.1, 0.15) is 0 Å². The summed E-state index contributed by atoms with van der Waals surface area (Å²) in [5, 5.41) is 11.2. The Morgan fingerprint density at radius 2 is 1.71 bits per heavy atom. The molecule has 0 spiro atoms. The standard InChI is InChI=1S/C20H10Cl3F3N4O/c21-14-6-4-11(9-13(14)17-28-29-18-15(22)2-1-7-30(17)18)27-19(31)12-5-3-10(8-16(12)23)20(24,25)26/h1-9H,(H,27,31). The summed E-state index contributed by atoms with van der Waals surface area (Å²) < 4.78 is 40.1. The Bertz CT molecular complexity index is 1320. The van der Waals surface area contributed by atoms with Crippen LogP contribution in [-0.2, 0) is 6.18 Å². The quantitative estimate of drug-likeness (QED) is 0.354. The summed E-state index contributed by atoms with van der Waals surface area (Å²) in [7, 11) is 0. The van der Waals surface area contributed by atoms with Crippen molar-refractivity contribution in [3.05, 3.63) is 80.9 Å². The Kier molecular flexibility index (Phi) is 5.55. The van der Waals surface area contributed by atoms with Gasteiger partial charge in [0.05, 0.1) is 26.2 Å². The molecular weight excluding hydrogens is 476 g/mol. The van der Waals surface area contributed by atoms with E-state index in [-0.39, 0.29) is 10.6 Å². The number of aromatic nitrogens is 3. The molecule has 5 nitrogen and oxygen atoms in total. The molecule has 0 aliphatic carbocycles. The molecule has 4 aromatic rings. The SMILES string of the molecule is O=C(Nc1ccc(Cl)c(-c2nnc3c(Cl)cccn23)c1)c1ccc(C(F)(F)F)cc1Cl. The minimum absolute atomic E-state index is 0.106. The summed E-state index contributed by atoms with van der Waals surface area (Å²) >= 11 is 18.3. The number of carbonyl (C=O) groups is 1. The van der Waals surface area contributed by atoms with Gasteiger partial charge >= 0.3 is 6.18 Å². The van der Waals surface area contributed by atoms with Crippen molar-refractivity contribution in [2.45, 2.75) is 6.18 Å². The molecule has 0 unspecified atom stereocenters. The Labute approximate surface area is 188 Å². The van der Waals surface area contributed by atoms with Gasteiger partial charge in [0, 0.05) is 17.4 Å². The topological polar surface area (TPSA) is 59.3 Å². The minimum Gasteiger partial charge on any atom is -0.322 e. The third-order valence-corrected chi connectivity index (χ3v) is 5.33. The number of alkyl halides is 3. The van der Waals surface area contributed by atoms with Gasteiger partial charge in [-0.25, -0.2) is 0 Å². The van der Waals surface area contributed by atoms with Crippen LogP contribution in [0, 0.1) is 0 Å². The first-order valence-electron chi connectivity index (χ1n) is 8.62. The minimum atomic E-state index is -4.56. The summed E-state index contributed by atoms with van der Waals surface area (Å²) in [6.45, 7) is 0. The van der Waals surface area contributed by atoms with Crippen LogP contribution in [-0.4, -0.2) is 20.5 Å². The van der Waals surface area contributed by atoms with E-state index in [2.05, 4.69) is 15.5 Å². The van der Waals surface area contributed by atoms with Crippen molar-refractivity contribution in [3.63, 3.8) is 0 Å². The number of pyridine rings is 1. The number of hydrogen-bond donors (Lipinski definition) is 1. The number of rotatable bonds is 3. The van der Waals surface area contributed by atoms with E-state index in [1.165, 1.54) is 6.07 Å². The van der Waals surface area contributed by atoms with Crippen molar-refractivity contribution in [2.75, 3.05) is 5.32 Å². The third-order valence-electron chi connectivity index (χ3n) is 4.39. The van der Waals surface area contributed by atoms with Crippen molar-refractivity contribution < 1.29 is 18.0 Å². The van der Waals surface area contributed by atoms with Crippen LogP contribution in [0.3, 0.4) is 0 Å². The molecule has 0 saturated heterocycles. The smallest absolute Gasteiger partial charge is 0.322 e. The lowest BCUT2D eigenvalue weighted by molar-refractivity contribution is -0.137. The highest BCUT2D eigenvalue weighted by molar-refractivity contribution is 6.35. The highest BCUT2D eigenvalue weighted by atomic mass is 35.5. The molecule has 11 heteroatoms. The summed E-state index contributed by atoms with van der Waals surface area (Å²) in [4.78, 5) is 12.6. The normalized spacial score (nSPS) is 11.7.